The van der Waals surface area contributed by atoms with Crippen molar-refractivity contribution in [3.63, 3.8) is 0 Å². The molecule has 98 valence electrons. The quantitative estimate of drug-likeness (QED) is 0.842. The van der Waals surface area contributed by atoms with Gasteiger partial charge in [0.25, 0.3) is 0 Å². The van der Waals surface area contributed by atoms with Gasteiger partial charge in [-0.1, -0.05) is 18.2 Å². The largest absolute Gasteiger partial charge is 0.480 e. The van der Waals surface area contributed by atoms with Crippen molar-refractivity contribution in [1.29, 1.82) is 0 Å². The van der Waals surface area contributed by atoms with Crippen molar-refractivity contribution in [2.24, 2.45) is 0 Å². The number of amides is 1. The molecule has 0 saturated heterocycles. The molecule has 0 aliphatic carbocycles. The van der Waals surface area contributed by atoms with Gasteiger partial charge in [0, 0.05) is 16.5 Å². The van der Waals surface area contributed by atoms with Crippen LogP contribution in [0.2, 0.25) is 0 Å². The van der Waals surface area contributed by atoms with E-state index in [1.165, 1.54) is 13.8 Å². The summed E-state index contributed by atoms with van der Waals surface area (Å²) in [6.45, 7) is 2.67. The molecule has 1 unspecified atom stereocenters. The number of carbonyl (C=O) groups excluding carboxylic acids is 1. The number of para-hydroxylation sites is 1. The number of carbonyl (C=O) groups is 2. The van der Waals surface area contributed by atoms with Gasteiger partial charge in [-0.3, -0.25) is 13.8 Å². The maximum Gasteiger partial charge on any atom is 0.321 e. The van der Waals surface area contributed by atoms with E-state index in [0.29, 0.717) is 5.69 Å². The summed E-state index contributed by atoms with van der Waals surface area (Å²) in [6, 6.07) is 8.72. The van der Waals surface area contributed by atoms with Gasteiger partial charge in [-0.25, -0.2) is 0 Å². The van der Waals surface area contributed by atoms with E-state index >= 15 is 0 Å². The van der Waals surface area contributed by atoms with Crippen molar-refractivity contribution in [3.05, 3.63) is 30.3 Å². The fourth-order valence-electron chi connectivity index (χ4n) is 1.12. The summed E-state index contributed by atoms with van der Waals surface area (Å²) in [5, 5.41) is 11.4. The number of benzene rings is 1. The molecule has 18 heavy (non-hydrogen) atoms. The van der Waals surface area contributed by atoms with Crippen molar-refractivity contribution < 1.29 is 18.9 Å². The zero-order chi connectivity index (χ0) is 13.8. The molecule has 1 amide bonds. The second kappa shape index (κ2) is 5.77. The Balaban J connectivity index is 2.61. The van der Waals surface area contributed by atoms with Crippen molar-refractivity contribution in [2.75, 3.05) is 11.1 Å². The SMILES string of the molecule is CC(C)(C(=O)O)S(=O)CC(=O)Nc1ccccc1. The molecule has 0 spiro atoms. The van der Waals surface area contributed by atoms with Crippen LogP contribution in [-0.2, 0) is 20.4 Å². The lowest BCUT2D eigenvalue weighted by Gasteiger charge is -2.17. The van der Waals surface area contributed by atoms with Gasteiger partial charge in [-0.05, 0) is 26.0 Å². The second-order valence-corrected chi connectivity index (χ2v) is 6.22. The maximum atomic E-state index is 11.8. The number of nitrogens with one attached hydrogen (secondary N) is 1. The first-order chi connectivity index (χ1) is 8.34. The molecule has 1 aromatic carbocycles. The van der Waals surface area contributed by atoms with Crippen molar-refractivity contribution in [1.82, 2.24) is 0 Å². The summed E-state index contributed by atoms with van der Waals surface area (Å²) in [4.78, 5) is 22.5. The van der Waals surface area contributed by atoms with E-state index in [9.17, 15) is 13.8 Å². The van der Waals surface area contributed by atoms with Gasteiger partial charge in [0.05, 0.1) is 0 Å². The standard InChI is InChI=1S/C12H15NO4S/c1-12(2,11(15)16)18(17)8-10(14)13-9-6-4-3-5-7-9/h3-7H,8H2,1-2H3,(H,13,14)(H,15,16). The molecular formula is C12H15NO4S. The molecule has 0 bridgehead atoms. The third-order valence-electron chi connectivity index (χ3n) is 2.40. The molecule has 0 aromatic heterocycles. The van der Waals surface area contributed by atoms with Crippen LogP contribution in [0.4, 0.5) is 5.69 Å². The summed E-state index contributed by atoms with van der Waals surface area (Å²) in [5.74, 6) is -1.99. The fraction of sp³-hybridized carbons (Fsp3) is 0.333. The smallest absolute Gasteiger partial charge is 0.321 e. The highest BCUT2D eigenvalue weighted by Crippen LogP contribution is 2.14. The summed E-state index contributed by atoms with van der Waals surface area (Å²) in [7, 11) is -1.78. The first-order valence-electron chi connectivity index (χ1n) is 5.31. The van der Waals surface area contributed by atoms with Crippen LogP contribution >= 0.6 is 0 Å². The number of aliphatic carboxylic acids is 1. The minimum atomic E-state index is -1.78. The molecule has 0 aliphatic rings. The number of hydrogen-bond acceptors (Lipinski definition) is 3. The van der Waals surface area contributed by atoms with Crippen LogP contribution < -0.4 is 5.32 Å². The van der Waals surface area contributed by atoms with Crippen LogP contribution in [0.15, 0.2) is 30.3 Å². The van der Waals surface area contributed by atoms with Gasteiger partial charge in [-0.15, -0.1) is 0 Å². The highest BCUT2D eigenvalue weighted by molar-refractivity contribution is 7.88. The minimum absolute atomic E-state index is 0.339. The lowest BCUT2D eigenvalue weighted by Crippen LogP contribution is -2.40. The molecular weight excluding hydrogens is 254 g/mol. The van der Waals surface area contributed by atoms with Crippen LogP contribution in [-0.4, -0.2) is 31.7 Å². The summed E-state index contributed by atoms with van der Waals surface area (Å²) >= 11 is 0. The average Bonchev–Trinajstić information content (AvgIpc) is 2.29. The Hall–Kier alpha value is -1.69. The molecule has 0 fully saturated rings. The van der Waals surface area contributed by atoms with Gasteiger partial charge in [-0.2, -0.15) is 0 Å². The monoisotopic (exact) mass is 269 g/mol. The number of anilines is 1. The number of rotatable bonds is 5. The summed E-state index contributed by atoms with van der Waals surface area (Å²) < 4.78 is 10.3. The zero-order valence-electron chi connectivity index (χ0n) is 10.2. The number of hydrogen-bond donors (Lipinski definition) is 2. The number of carboxylic acids is 1. The highest BCUT2D eigenvalue weighted by atomic mass is 32.2. The Bertz CT molecular complexity index is 470. The average molecular weight is 269 g/mol. The van der Waals surface area contributed by atoms with Crippen LogP contribution in [0.1, 0.15) is 13.8 Å². The normalized spacial score (nSPS) is 12.8. The van der Waals surface area contributed by atoms with Crippen molar-refractivity contribution in [3.8, 4) is 0 Å². The second-order valence-electron chi connectivity index (χ2n) is 4.22. The molecule has 1 rings (SSSR count). The van der Waals surface area contributed by atoms with E-state index in [0.717, 1.165) is 0 Å². The molecule has 0 saturated carbocycles. The Morgan fingerprint density at radius 2 is 1.83 bits per heavy atom. The van der Waals surface area contributed by atoms with Gasteiger partial charge >= 0.3 is 5.97 Å². The molecule has 0 aliphatic heterocycles. The predicted octanol–water partition coefficient (Wildman–Crippen LogP) is 1.24. The van der Waals surface area contributed by atoms with Crippen LogP contribution in [0.5, 0.6) is 0 Å². The lowest BCUT2D eigenvalue weighted by atomic mass is 10.2. The van der Waals surface area contributed by atoms with Gasteiger partial charge in [0.1, 0.15) is 10.5 Å². The maximum absolute atomic E-state index is 11.8. The molecule has 0 radical (unpaired) electrons. The Kier molecular flexibility index (Phi) is 4.61. The third-order valence-corrected chi connectivity index (χ3v) is 4.24. The van der Waals surface area contributed by atoms with Crippen LogP contribution in [0, 0.1) is 0 Å². The van der Waals surface area contributed by atoms with E-state index in [4.69, 9.17) is 5.11 Å². The Morgan fingerprint density at radius 1 is 1.28 bits per heavy atom. The molecule has 1 atom stereocenters. The van der Waals surface area contributed by atoms with E-state index in [1.807, 2.05) is 0 Å². The third kappa shape index (κ3) is 3.66. The van der Waals surface area contributed by atoms with Gasteiger partial charge < -0.3 is 10.4 Å². The molecule has 2 N–H and O–H groups in total. The van der Waals surface area contributed by atoms with E-state index in [-0.39, 0.29) is 5.75 Å². The highest BCUT2D eigenvalue weighted by Gasteiger charge is 2.35. The fourth-order valence-corrected chi connectivity index (χ4v) is 1.98. The Labute approximate surface area is 108 Å². The lowest BCUT2D eigenvalue weighted by molar-refractivity contribution is -0.139. The van der Waals surface area contributed by atoms with Gasteiger partial charge in [0.2, 0.25) is 5.91 Å². The zero-order valence-corrected chi connectivity index (χ0v) is 11.0. The Morgan fingerprint density at radius 3 is 2.33 bits per heavy atom. The predicted molar refractivity (Wildman–Crippen MR) is 69.8 cm³/mol. The van der Waals surface area contributed by atoms with E-state index in [1.54, 1.807) is 30.3 Å². The molecule has 5 nitrogen and oxygen atoms in total. The van der Waals surface area contributed by atoms with Crippen molar-refractivity contribution in [2.45, 2.75) is 18.6 Å². The first-order valence-corrected chi connectivity index (χ1v) is 6.62. The van der Waals surface area contributed by atoms with Crippen LogP contribution in [0.25, 0.3) is 0 Å². The van der Waals surface area contributed by atoms with E-state index < -0.39 is 27.4 Å². The molecule has 0 heterocycles. The first kappa shape index (κ1) is 14.4. The summed E-state index contributed by atoms with van der Waals surface area (Å²) in [5.41, 5.74) is 0.590. The topological polar surface area (TPSA) is 83.5 Å². The molecule has 1 aromatic rings. The van der Waals surface area contributed by atoms with Crippen LogP contribution in [0.3, 0.4) is 0 Å². The molecule has 6 heteroatoms. The van der Waals surface area contributed by atoms with E-state index in [2.05, 4.69) is 5.32 Å². The summed E-state index contributed by atoms with van der Waals surface area (Å²) in [6.07, 6.45) is 0. The number of carboxylic acid groups (broad SMARTS) is 1. The van der Waals surface area contributed by atoms with Gasteiger partial charge in [0.15, 0.2) is 0 Å². The minimum Gasteiger partial charge on any atom is -0.480 e. The van der Waals surface area contributed by atoms with Crippen molar-refractivity contribution >= 4 is 28.4 Å².